The van der Waals surface area contributed by atoms with Crippen LogP contribution in [0, 0.1) is 19.3 Å². The number of ether oxygens (including phenoxy) is 1. The molecule has 0 heterocycles. The smallest absolute Gasteiger partial charge is 0.0661 e. The lowest BCUT2D eigenvalue weighted by atomic mass is 9.93. The van der Waals surface area contributed by atoms with E-state index in [1.807, 2.05) is 7.05 Å². The van der Waals surface area contributed by atoms with Crippen molar-refractivity contribution in [2.24, 2.45) is 5.41 Å². The maximum Gasteiger partial charge on any atom is 0.0661 e. The van der Waals surface area contributed by atoms with E-state index >= 15 is 0 Å². The van der Waals surface area contributed by atoms with E-state index in [-0.39, 0.29) is 6.04 Å². The molecule has 1 aromatic carbocycles. The Morgan fingerprint density at radius 2 is 1.84 bits per heavy atom. The third-order valence-corrected chi connectivity index (χ3v) is 3.56. The quantitative estimate of drug-likeness (QED) is 0.783. The van der Waals surface area contributed by atoms with E-state index in [0.29, 0.717) is 5.41 Å². The van der Waals surface area contributed by atoms with Gasteiger partial charge in [-0.05, 0) is 49.4 Å². The van der Waals surface area contributed by atoms with E-state index in [0.717, 1.165) is 19.6 Å². The highest BCUT2D eigenvalue weighted by molar-refractivity contribution is 5.31. The molecule has 0 spiro atoms. The summed E-state index contributed by atoms with van der Waals surface area (Å²) < 4.78 is 5.82. The summed E-state index contributed by atoms with van der Waals surface area (Å²) in [5.74, 6) is 0. The lowest BCUT2D eigenvalue weighted by Crippen LogP contribution is -2.23. The van der Waals surface area contributed by atoms with Crippen LogP contribution in [0.3, 0.4) is 0 Å². The number of benzene rings is 1. The second kappa shape index (κ2) is 7.06. The Morgan fingerprint density at radius 3 is 2.37 bits per heavy atom. The van der Waals surface area contributed by atoms with Gasteiger partial charge in [0.15, 0.2) is 0 Å². The molecule has 0 saturated carbocycles. The maximum atomic E-state index is 5.82. The van der Waals surface area contributed by atoms with Gasteiger partial charge in [-0.25, -0.2) is 0 Å². The number of rotatable bonds is 6. The molecule has 1 N–H and O–H groups in total. The van der Waals surface area contributed by atoms with Gasteiger partial charge in [0, 0.05) is 6.61 Å². The second-order valence-corrected chi connectivity index (χ2v) is 6.57. The molecule has 0 aliphatic heterocycles. The Hall–Kier alpha value is -0.860. The van der Waals surface area contributed by atoms with E-state index in [9.17, 15) is 0 Å². The fraction of sp³-hybridized carbons (Fsp3) is 0.647. The molecule has 1 rings (SSSR count). The molecule has 2 nitrogen and oxygen atoms in total. The maximum absolute atomic E-state index is 5.82. The monoisotopic (exact) mass is 263 g/mol. The van der Waals surface area contributed by atoms with Crippen LogP contribution in [0.2, 0.25) is 0 Å². The van der Waals surface area contributed by atoms with Crippen LogP contribution in [0.1, 0.15) is 49.9 Å². The zero-order chi connectivity index (χ0) is 14.5. The third-order valence-electron chi connectivity index (χ3n) is 3.56. The molecule has 2 heteroatoms. The standard InChI is InChI=1S/C17H29NO/c1-13-7-8-15(11-14(13)2)16(18-6)12-19-10-9-17(3,4)5/h7-8,11,16,18H,9-10,12H2,1-6H3. The molecule has 0 aromatic heterocycles. The van der Waals surface area contributed by atoms with Crippen LogP contribution >= 0.6 is 0 Å². The van der Waals surface area contributed by atoms with Crippen LogP contribution in [0.15, 0.2) is 18.2 Å². The molecular formula is C17H29NO. The average molecular weight is 263 g/mol. The summed E-state index contributed by atoms with van der Waals surface area (Å²) in [5, 5.41) is 3.34. The van der Waals surface area contributed by atoms with Gasteiger partial charge in [-0.2, -0.15) is 0 Å². The van der Waals surface area contributed by atoms with Crippen LogP contribution in [0.4, 0.5) is 0 Å². The van der Waals surface area contributed by atoms with Crippen molar-refractivity contribution in [3.8, 4) is 0 Å². The summed E-state index contributed by atoms with van der Waals surface area (Å²) in [6, 6.07) is 6.91. The largest absolute Gasteiger partial charge is 0.379 e. The van der Waals surface area contributed by atoms with E-state index in [2.05, 4.69) is 58.1 Å². The van der Waals surface area contributed by atoms with Gasteiger partial charge in [-0.1, -0.05) is 39.0 Å². The summed E-state index contributed by atoms with van der Waals surface area (Å²) in [4.78, 5) is 0. The Kier molecular flexibility index (Phi) is 6.02. The molecule has 0 radical (unpaired) electrons. The highest BCUT2D eigenvalue weighted by Crippen LogP contribution is 2.20. The predicted octanol–water partition coefficient (Wildman–Crippen LogP) is 4.02. The van der Waals surface area contributed by atoms with Gasteiger partial charge >= 0.3 is 0 Å². The van der Waals surface area contributed by atoms with Gasteiger partial charge in [0.25, 0.3) is 0 Å². The van der Waals surface area contributed by atoms with Gasteiger partial charge in [-0.15, -0.1) is 0 Å². The Balaban J connectivity index is 2.51. The Labute approximate surface area is 118 Å². The topological polar surface area (TPSA) is 21.3 Å². The number of hydrogen-bond donors (Lipinski definition) is 1. The molecule has 0 fully saturated rings. The molecule has 1 atom stereocenters. The van der Waals surface area contributed by atoms with Crippen LogP contribution in [-0.4, -0.2) is 20.3 Å². The van der Waals surface area contributed by atoms with Crippen molar-refractivity contribution in [1.82, 2.24) is 5.32 Å². The SMILES string of the molecule is CNC(COCCC(C)(C)C)c1ccc(C)c(C)c1. The summed E-state index contributed by atoms with van der Waals surface area (Å²) in [5.41, 5.74) is 4.33. The summed E-state index contributed by atoms with van der Waals surface area (Å²) >= 11 is 0. The third kappa shape index (κ3) is 5.75. The minimum absolute atomic E-state index is 0.277. The molecule has 1 aromatic rings. The predicted molar refractivity (Wildman–Crippen MR) is 82.6 cm³/mol. The van der Waals surface area contributed by atoms with Crippen molar-refractivity contribution in [1.29, 1.82) is 0 Å². The first-order chi connectivity index (χ1) is 8.83. The van der Waals surface area contributed by atoms with Crippen molar-refractivity contribution < 1.29 is 4.74 Å². The molecule has 0 aliphatic rings. The minimum Gasteiger partial charge on any atom is -0.379 e. The minimum atomic E-state index is 0.277. The van der Waals surface area contributed by atoms with Gasteiger partial charge < -0.3 is 10.1 Å². The molecule has 1 unspecified atom stereocenters. The summed E-state index contributed by atoms with van der Waals surface area (Å²) in [6.45, 7) is 12.6. The normalized spacial score (nSPS) is 13.6. The van der Waals surface area contributed by atoms with Crippen LogP contribution in [0.5, 0.6) is 0 Å². The van der Waals surface area contributed by atoms with Crippen molar-refractivity contribution in [2.75, 3.05) is 20.3 Å². The lowest BCUT2D eigenvalue weighted by molar-refractivity contribution is 0.0914. The zero-order valence-electron chi connectivity index (χ0n) is 13.3. The fourth-order valence-electron chi connectivity index (χ4n) is 1.91. The Morgan fingerprint density at radius 1 is 1.16 bits per heavy atom. The molecule has 108 valence electrons. The first kappa shape index (κ1) is 16.2. The van der Waals surface area contributed by atoms with E-state index in [4.69, 9.17) is 4.74 Å². The molecule has 0 bridgehead atoms. The van der Waals surface area contributed by atoms with Crippen molar-refractivity contribution >= 4 is 0 Å². The highest BCUT2D eigenvalue weighted by atomic mass is 16.5. The summed E-state index contributed by atoms with van der Waals surface area (Å²) in [6.07, 6.45) is 1.09. The molecule has 0 aliphatic carbocycles. The van der Waals surface area contributed by atoms with E-state index in [1.165, 1.54) is 16.7 Å². The van der Waals surface area contributed by atoms with Crippen LogP contribution < -0.4 is 5.32 Å². The van der Waals surface area contributed by atoms with E-state index in [1.54, 1.807) is 0 Å². The Bertz CT molecular complexity index is 393. The van der Waals surface area contributed by atoms with Gasteiger partial charge in [0.2, 0.25) is 0 Å². The fourth-order valence-corrected chi connectivity index (χ4v) is 1.91. The van der Waals surface area contributed by atoms with Crippen LogP contribution in [-0.2, 0) is 4.74 Å². The first-order valence-corrected chi connectivity index (χ1v) is 7.15. The number of aryl methyl sites for hydroxylation is 2. The van der Waals surface area contributed by atoms with E-state index < -0.39 is 0 Å². The highest BCUT2D eigenvalue weighted by Gasteiger charge is 2.12. The second-order valence-electron chi connectivity index (χ2n) is 6.57. The average Bonchev–Trinajstić information content (AvgIpc) is 2.32. The number of hydrogen-bond acceptors (Lipinski definition) is 2. The van der Waals surface area contributed by atoms with Crippen molar-refractivity contribution in [3.63, 3.8) is 0 Å². The molecule has 0 saturated heterocycles. The van der Waals surface area contributed by atoms with Crippen molar-refractivity contribution in [3.05, 3.63) is 34.9 Å². The zero-order valence-corrected chi connectivity index (χ0v) is 13.3. The number of nitrogens with one attached hydrogen (secondary N) is 1. The van der Waals surface area contributed by atoms with Gasteiger partial charge in [0.05, 0.1) is 12.6 Å². The number of likely N-dealkylation sites (N-methyl/N-ethyl adjacent to an activating group) is 1. The van der Waals surface area contributed by atoms with Gasteiger partial charge in [-0.3, -0.25) is 0 Å². The van der Waals surface area contributed by atoms with Gasteiger partial charge in [0.1, 0.15) is 0 Å². The van der Waals surface area contributed by atoms with Crippen molar-refractivity contribution in [2.45, 2.75) is 47.1 Å². The molecular weight excluding hydrogens is 234 g/mol. The molecule has 19 heavy (non-hydrogen) atoms. The molecule has 0 amide bonds. The first-order valence-electron chi connectivity index (χ1n) is 7.15. The lowest BCUT2D eigenvalue weighted by Gasteiger charge is -2.21. The summed E-state index contributed by atoms with van der Waals surface area (Å²) in [7, 11) is 1.99. The van der Waals surface area contributed by atoms with Crippen LogP contribution in [0.25, 0.3) is 0 Å².